The molecule has 0 aliphatic carbocycles. The van der Waals surface area contributed by atoms with Gasteiger partial charge in [-0.15, -0.1) is 0 Å². The van der Waals surface area contributed by atoms with Gasteiger partial charge in [-0.3, -0.25) is 14.4 Å². The molecular formula is C64H108O6. The standard InChI is InChI=1S/C64H108O6/c1-4-7-10-13-16-19-22-25-26-27-28-29-30-31-32-33-34-35-36-37-38-40-42-45-48-51-54-57-63(66)69-60-61(59-68-62(65)56-53-50-47-44-41-24-21-18-15-12-9-6-3)70-64(67)58-55-52-49-46-43-39-23-20-17-14-11-8-5-2/h7,10-11,14,16,18-21,23,25-26,28-29,31-32,61H,4-6,8-9,12-13,15,17,22,24,27,30,33-60H2,1-3H3/b10-7-,14-11-,19-16-,21-18-,23-20-,26-25-,29-28-,32-31-. The van der Waals surface area contributed by atoms with Crippen LogP contribution < -0.4 is 0 Å². The molecule has 0 saturated heterocycles. The van der Waals surface area contributed by atoms with Crippen molar-refractivity contribution in [2.24, 2.45) is 0 Å². The van der Waals surface area contributed by atoms with Crippen LogP contribution in [0.3, 0.4) is 0 Å². The van der Waals surface area contributed by atoms with Crippen molar-refractivity contribution in [3.05, 3.63) is 97.2 Å². The van der Waals surface area contributed by atoms with E-state index in [0.717, 1.165) is 128 Å². The molecule has 1 unspecified atom stereocenters. The molecule has 70 heavy (non-hydrogen) atoms. The van der Waals surface area contributed by atoms with E-state index in [4.69, 9.17) is 14.2 Å². The van der Waals surface area contributed by atoms with Crippen LogP contribution in [-0.2, 0) is 28.6 Å². The Labute approximate surface area is 432 Å². The molecule has 0 aromatic carbocycles. The average molecular weight is 974 g/mol. The van der Waals surface area contributed by atoms with E-state index in [1.54, 1.807) is 0 Å². The summed E-state index contributed by atoms with van der Waals surface area (Å²) in [5, 5.41) is 0. The zero-order valence-electron chi connectivity index (χ0n) is 45.8. The van der Waals surface area contributed by atoms with E-state index in [-0.39, 0.29) is 31.1 Å². The summed E-state index contributed by atoms with van der Waals surface area (Å²) in [6, 6.07) is 0. The molecule has 0 spiro atoms. The molecule has 400 valence electrons. The number of unbranched alkanes of at least 4 members (excludes halogenated alkanes) is 25. The maximum absolute atomic E-state index is 12.8. The molecule has 0 aliphatic rings. The van der Waals surface area contributed by atoms with Gasteiger partial charge in [0.1, 0.15) is 13.2 Å². The van der Waals surface area contributed by atoms with Gasteiger partial charge in [0.05, 0.1) is 0 Å². The highest BCUT2D eigenvalue weighted by Gasteiger charge is 2.19. The largest absolute Gasteiger partial charge is 0.462 e. The number of rotatable bonds is 52. The fourth-order valence-electron chi connectivity index (χ4n) is 7.91. The van der Waals surface area contributed by atoms with Gasteiger partial charge in [-0.2, -0.15) is 0 Å². The highest BCUT2D eigenvalue weighted by molar-refractivity contribution is 5.71. The molecule has 0 heterocycles. The summed E-state index contributed by atoms with van der Waals surface area (Å²) in [5.74, 6) is -0.911. The van der Waals surface area contributed by atoms with Crippen LogP contribution in [0.5, 0.6) is 0 Å². The highest BCUT2D eigenvalue weighted by Crippen LogP contribution is 2.15. The second kappa shape index (κ2) is 57.9. The van der Waals surface area contributed by atoms with E-state index in [1.165, 1.54) is 103 Å². The summed E-state index contributed by atoms with van der Waals surface area (Å²) in [5.41, 5.74) is 0. The number of hydrogen-bond acceptors (Lipinski definition) is 6. The van der Waals surface area contributed by atoms with Gasteiger partial charge < -0.3 is 14.2 Å². The van der Waals surface area contributed by atoms with Crippen molar-refractivity contribution in [3.8, 4) is 0 Å². The molecule has 0 bridgehead atoms. The zero-order valence-corrected chi connectivity index (χ0v) is 45.8. The quantitative estimate of drug-likeness (QED) is 0.0262. The summed E-state index contributed by atoms with van der Waals surface area (Å²) in [6.45, 7) is 6.42. The molecule has 6 heteroatoms. The number of carbonyl (C=O) groups excluding carboxylic acids is 3. The van der Waals surface area contributed by atoms with Crippen molar-refractivity contribution in [1.82, 2.24) is 0 Å². The second-order valence-corrected chi connectivity index (χ2v) is 19.2. The van der Waals surface area contributed by atoms with Crippen molar-refractivity contribution < 1.29 is 28.6 Å². The summed E-state index contributed by atoms with van der Waals surface area (Å²) in [4.78, 5) is 38.1. The Hall–Kier alpha value is -3.67. The Balaban J connectivity index is 4.26. The molecular weight excluding hydrogens is 865 g/mol. The first-order valence-electron chi connectivity index (χ1n) is 29.2. The third-order valence-corrected chi connectivity index (χ3v) is 12.3. The monoisotopic (exact) mass is 973 g/mol. The van der Waals surface area contributed by atoms with E-state index in [9.17, 15) is 14.4 Å². The van der Waals surface area contributed by atoms with Crippen LogP contribution in [0, 0.1) is 0 Å². The SMILES string of the molecule is CC/C=C\C/C=C\C/C=C\C/C=C\C/C=C\CCCCCCCCCCCCCC(=O)OCC(COC(=O)CCCCCCC/C=C\CCCCC)OC(=O)CCCCCCC/C=C\C/C=C\CCC. The first-order chi connectivity index (χ1) is 34.5. The topological polar surface area (TPSA) is 78.9 Å². The molecule has 0 aliphatic heterocycles. The van der Waals surface area contributed by atoms with E-state index >= 15 is 0 Å². The lowest BCUT2D eigenvalue weighted by molar-refractivity contribution is -0.167. The first kappa shape index (κ1) is 66.3. The second-order valence-electron chi connectivity index (χ2n) is 19.2. The van der Waals surface area contributed by atoms with Crippen molar-refractivity contribution in [1.29, 1.82) is 0 Å². The van der Waals surface area contributed by atoms with Gasteiger partial charge in [-0.1, -0.05) is 234 Å². The van der Waals surface area contributed by atoms with E-state index in [0.29, 0.717) is 19.3 Å². The molecule has 0 saturated carbocycles. The third kappa shape index (κ3) is 55.3. The van der Waals surface area contributed by atoms with Crippen LogP contribution in [0.15, 0.2) is 97.2 Å². The number of carbonyl (C=O) groups is 3. The minimum atomic E-state index is -0.789. The summed E-state index contributed by atoms with van der Waals surface area (Å²) in [7, 11) is 0. The van der Waals surface area contributed by atoms with Crippen LogP contribution in [0.25, 0.3) is 0 Å². The van der Waals surface area contributed by atoms with Gasteiger partial charge in [-0.05, 0) is 116 Å². The van der Waals surface area contributed by atoms with Gasteiger partial charge in [0, 0.05) is 19.3 Å². The fraction of sp³-hybridized carbons (Fsp3) is 0.703. The predicted molar refractivity (Wildman–Crippen MR) is 302 cm³/mol. The molecule has 0 fully saturated rings. The molecule has 0 radical (unpaired) electrons. The van der Waals surface area contributed by atoms with Crippen LogP contribution >= 0.6 is 0 Å². The molecule has 0 N–H and O–H groups in total. The number of esters is 3. The minimum Gasteiger partial charge on any atom is -0.462 e. The highest BCUT2D eigenvalue weighted by atomic mass is 16.6. The Bertz CT molecular complexity index is 1400. The fourth-order valence-corrected chi connectivity index (χ4v) is 7.91. The Morgan fingerprint density at radius 1 is 0.300 bits per heavy atom. The normalized spacial score (nSPS) is 12.8. The van der Waals surface area contributed by atoms with E-state index in [1.807, 2.05) is 0 Å². The summed E-state index contributed by atoms with van der Waals surface area (Å²) < 4.78 is 16.8. The summed E-state index contributed by atoms with van der Waals surface area (Å²) in [6.07, 6.45) is 76.9. The Kier molecular flexibility index (Phi) is 54.9. The maximum atomic E-state index is 12.8. The van der Waals surface area contributed by atoms with Gasteiger partial charge in [0.25, 0.3) is 0 Å². The average Bonchev–Trinajstić information content (AvgIpc) is 3.36. The molecule has 0 amide bonds. The van der Waals surface area contributed by atoms with Crippen LogP contribution in [0.2, 0.25) is 0 Å². The lowest BCUT2D eigenvalue weighted by Crippen LogP contribution is -2.30. The summed E-state index contributed by atoms with van der Waals surface area (Å²) >= 11 is 0. The van der Waals surface area contributed by atoms with Gasteiger partial charge in [-0.25, -0.2) is 0 Å². The van der Waals surface area contributed by atoms with Crippen LogP contribution in [-0.4, -0.2) is 37.2 Å². The Morgan fingerprint density at radius 2 is 0.586 bits per heavy atom. The number of allylic oxidation sites excluding steroid dienone is 16. The smallest absolute Gasteiger partial charge is 0.306 e. The molecule has 0 rings (SSSR count). The first-order valence-corrected chi connectivity index (χ1v) is 29.2. The van der Waals surface area contributed by atoms with Gasteiger partial charge >= 0.3 is 17.9 Å². The zero-order chi connectivity index (χ0) is 50.7. The van der Waals surface area contributed by atoms with Crippen LogP contribution in [0.1, 0.15) is 271 Å². The molecule has 0 aromatic heterocycles. The predicted octanol–water partition coefficient (Wildman–Crippen LogP) is 19.7. The van der Waals surface area contributed by atoms with Crippen molar-refractivity contribution in [2.45, 2.75) is 277 Å². The lowest BCUT2D eigenvalue weighted by atomic mass is 10.0. The van der Waals surface area contributed by atoms with Gasteiger partial charge in [0.15, 0.2) is 6.10 Å². The Morgan fingerprint density at radius 3 is 0.943 bits per heavy atom. The van der Waals surface area contributed by atoms with E-state index < -0.39 is 6.10 Å². The van der Waals surface area contributed by atoms with Crippen molar-refractivity contribution >= 4 is 17.9 Å². The number of ether oxygens (including phenoxy) is 3. The molecule has 1 atom stereocenters. The van der Waals surface area contributed by atoms with Crippen LogP contribution in [0.4, 0.5) is 0 Å². The van der Waals surface area contributed by atoms with E-state index in [2.05, 4.69) is 118 Å². The number of hydrogen-bond donors (Lipinski definition) is 0. The lowest BCUT2D eigenvalue weighted by Gasteiger charge is -2.18. The third-order valence-electron chi connectivity index (χ3n) is 12.3. The molecule has 0 aromatic rings. The maximum Gasteiger partial charge on any atom is 0.306 e. The minimum absolute atomic E-state index is 0.0871. The van der Waals surface area contributed by atoms with Crippen molar-refractivity contribution in [2.75, 3.05) is 13.2 Å². The molecule has 6 nitrogen and oxygen atoms in total. The van der Waals surface area contributed by atoms with Crippen molar-refractivity contribution in [3.63, 3.8) is 0 Å². The van der Waals surface area contributed by atoms with Gasteiger partial charge in [0.2, 0.25) is 0 Å².